The van der Waals surface area contributed by atoms with E-state index in [4.69, 9.17) is 9.84 Å². The molecule has 0 bridgehead atoms. The highest BCUT2D eigenvalue weighted by atomic mass is 16.5. The molecule has 4 heteroatoms. The van der Waals surface area contributed by atoms with Gasteiger partial charge in [-0.05, 0) is 19.1 Å². The number of ether oxygens (including phenoxy) is 1. The number of methoxy groups -OCH3 is 1. The van der Waals surface area contributed by atoms with Crippen LogP contribution in [0.15, 0.2) is 18.3 Å². The Morgan fingerprint density at radius 1 is 1.60 bits per heavy atom. The van der Waals surface area contributed by atoms with Gasteiger partial charge in [-0.3, -0.25) is 4.98 Å². The molecule has 15 heavy (non-hydrogen) atoms. The molecule has 1 N–H and O–H groups in total. The van der Waals surface area contributed by atoms with Crippen LogP contribution in [0.25, 0.3) is 0 Å². The molecular formula is C11H16N2O2. The van der Waals surface area contributed by atoms with Crippen molar-refractivity contribution in [2.45, 2.75) is 19.1 Å². The molecule has 2 rings (SSSR count). The van der Waals surface area contributed by atoms with E-state index >= 15 is 0 Å². The zero-order chi connectivity index (χ0) is 10.9. The standard InChI is InChI=1S/C11H16N2O2/c1-11(15-2)7-13(8-11)10-3-4-12-9(5-10)6-14/h3-5,14H,6-8H2,1-2H3. The van der Waals surface area contributed by atoms with Crippen molar-refractivity contribution in [3.63, 3.8) is 0 Å². The molecule has 0 spiro atoms. The summed E-state index contributed by atoms with van der Waals surface area (Å²) in [4.78, 5) is 6.26. The first-order chi connectivity index (χ1) is 7.17. The Bertz CT molecular complexity index is 348. The number of rotatable bonds is 3. The Morgan fingerprint density at radius 3 is 2.93 bits per heavy atom. The van der Waals surface area contributed by atoms with E-state index < -0.39 is 0 Å². The first-order valence-corrected chi connectivity index (χ1v) is 5.03. The number of anilines is 1. The van der Waals surface area contributed by atoms with Gasteiger partial charge >= 0.3 is 0 Å². The number of aromatic nitrogens is 1. The molecule has 1 aromatic heterocycles. The van der Waals surface area contributed by atoms with E-state index in [9.17, 15) is 0 Å². The smallest absolute Gasteiger partial charge is 0.0998 e. The molecular weight excluding hydrogens is 192 g/mol. The normalized spacial score (nSPS) is 18.7. The summed E-state index contributed by atoms with van der Waals surface area (Å²) in [5, 5.41) is 8.98. The molecule has 2 heterocycles. The minimum Gasteiger partial charge on any atom is -0.390 e. The molecule has 0 aliphatic carbocycles. The SMILES string of the molecule is COC1(C)CN(c2ccnc(CO)c2)C1. The largest absolute Gasteiger partial charge is 0.390 e. The minimum atomic E-state index is -0.0252. The maximum atomic E-state index is 8.98. The van der Waals surface area contributed by atoms with Gasteiger partial charge < -0.3 is 14.7 Å². The summed E-state index contributed by atoms with van der Waals surface area (Å²) in [5.74, 6) is 0. The van der Waals surface area contributed by atoms with E-state index in [1.807, 2.05) is 12.1 Å². The first-order valence-electron chi connectivity index (χ1n) is 5.03. The fraction of sp³-hybridized carbons (Fsp3) is 0.545. The second-order valence-electron chi connectivity index (χ2n) is 4.17. The molecule has 1 fully saturated rings. The maximum absolute atomic E-state index is 8.98. The van der Waals surface area contributed by atoms with Crippen molar-refractivity contribution in [1.82, 2.24) is 4.98 Å². The quantitative estimate of drug-likeness (QED) is 0.798. The van der Waals surface area contributed by atoms with Gasteiger partial charge in [-0.2, -0.15) is 0 Å². The molecule has 0 radical (unpaired) electrons. The molecule has 4 nitrogen and oxygen atoms in total. The third kappa shape index (κ3) is 1.96. The van der Waals surface area contributed by atoms with Gasteiger partial charge in [-0.15, -0.1) is 0 Å². The Balaban J connectivity index is 2.06. The van der Waals surface area contributed by atoms with Gasteiger partial charge in [-0.1, -0.05) is 0 Å². The van der Waals surface area contributed by atoms with Crippen LogP contribution >= 0.6 is 0 Å². The molecule has 0 saturated carbocycles. The summed E-state index contributed by atoms with van der Waals surface area (Å²) in [5.41, 5.74) is 1.78. The zero-order valence-corrected chi connectivity index (χ0v) is 9.10. The van der Waals surface area contributed by atoms with Gasteiger partial charge in [-0.25, -0.2) is 0 Å². The molecule has 1 saturated heterocycles. The topological polar surface area (TPSA) is 45.6 Å². The van der Waals surface area contributed by atoms with Gasteiger partial charge in [0.05, 0.1) is 17.9 Å². The lowest BCUT2D eigenvalue weighted by Gasteiger charge is -2.48. The van der Waals surface area contributed by atoms with Crippen LogP contribution in [0.2, 0.25) is 0 Å². The number of aliphatic hydroxyl groups excluding tert-OH is 1. The van der Waals surface area contributed by atoms with Crippen LogP contribution in [-0.4, -0.2) is 35.9 Å². The third-order valence-electron chi connectivity index (χ3n) is 2.87. The fourth-order valence-corrected chi connectivity index (χ4v) is 1.82. The van der Waals surface area contributed by atoms with Crippen molar-refractivity contribution in [1.29, 1.82) is 0 Å². The molecule has 0 aromatic carbocycles. The highest BCUT2D eigenvalue weighted by Gasteiger charge is 2.38. The Hall–Kier alpha value is -1.13. The molecule has 1 aromatic rings. The second-order valence-corrected chi connectivity index (χ2v) is 4.17. The van der Waals surface area contributed by atoms with Crippen molar-refractivity contribution in [3.8, 4) is 0 Å². The van der Waals surface area contributed by atoms with Crippen LogP contribution in [0.5, 0.6) is 0 Å². The fourth-order valence-electron chi connectivity index (χ4n) is 1.82. The number of hydrogen-bond acceptors (Lipinski definition) is 4. The second kappa shape index (κ2) is 3.79. The lowest BCUT2D eigenvalue weighted by molar-refractivity contribution is -0.0167. The third-order valence-corrected chi connectivity index (χ3v) is 2.87. The van der Waals surface area contributed by atoms with Crippen molar-refractivity contribution in [2.24, 2.45) is 0 Å². The molecule has 1 aliphatic heterocycles. The predicted molar refractivity (Wildman–Crippen MR) is 57.8 cm³/mol. The maximum Gasteiger partial charge on any atom is 0.0998 e. The van der Waals surface area contributed by atoms with Crippen molar-refractivity contribution >= 4 is 5.69 Å². The number of nitrogens with zero attached hydrogens (tertiary/aromatic N) is 2. The minimum absolute atomic E-state index is 0.0107. The van der Waals surface area contributed by atoms with Gasteiger partial charge in [0.2, 0.25) is 0 Å². The van der Waals surface area contributed by atoms with Gasteiger partial charge in [0.15, 0.2) is 0 Å². The van der Waals surface area contributed by atoms with E-state index in [0.29, 0.717) is 5.69 Å². The van der Waals surface area contributed by atoms with E-state index in [-0.39, 0.29) is 12.2 Å². The summed E-state index contributed by atoms with van der Waals surface area (Å²) in [6.07, 6.45) is 1.73. The highest BCUT2D eigenvalue weighted by molar-refractivity contribution is 5.50. The molecule has 0 unspecified atom stereocenters. The predicted octanol–water partition coefficient (Wildman–Crippen LogP) is 0.799. The zero-order valence-electron chi connectivity index (χ0n) is 9.10. The van der Waals surface area contributed by atoms with Crippen LogP contribution < -0.4 is 4.90 Å². The molecule has 1 aliphatic rings. The Kier molecular flexibility index (Phi) is 2.63. The first kappa shape index (κ1) is 10.4. The van der Waals surface area contributed by atoms with Crippen LogP contribution in [0, 0.1) is 0 Å². The van der Waals surface area contributed by atoms with Crippen LogP contribution in [0.3, 0.4) is 0 Å². The lowest BCUT2D eigenvalue weighted by atomic mass is 9.96. The summed E-state index contributed by atoms with van der Waals surface area (Å²) in [6.45, 7) is 3.86. The summed E-state index contributed by atoms with van der Waals surface area (Å²) in [7, 11) is 1.74. The monoisotopic (exact) mass is 208 g/mol. The Labute approximate surface area is 89.5 Å². The lowest BCUT2D eigenvalue weighted by Crippen LogP contribution is -2.61. The number of hydrogen-bond donors (Lipinski definition) is 1. The van der Waals surface area contributed by atoms with Gasteiger partial charge in [0.25, 0.3) is 0 Å². The Morgan fingerprint density at radius 2 is 2.33 bits per heavy atom. The summed E-state index contributed by atoms with van der Waals surface area (Å²) < 4.78 is 5.38. The van der Waals surface area contributed by atoms with Gasteiger partial charge in [0.1, 0.15) is 0 Å². The summed E-state index contributed by atoms with van der Waals surface area (Å²) >= 11 is 0. The average Bonchev–Trinajstić information content (AvgIpc) is 2.25. The average molecular weight is 208 g/mol. The van der Waals surface area contributed by atoms with E-state index in [1.54, 1.807) is 13.3 Å². The van der Waals surface area contributed by atoms with E-state index in [1.165, 1.54) is 0 Å². The van der Waals surface area contributed by atoms with Crippen LogP contribution in [0.4, 0.5) is 5.69 Å². The highest BCUT2D eigenvalue weighted by Crippen LogP contribution is 2.29. The van der Waals surface area contributed by atoms with Crippen molar-refractivity contribution in [2.75, 3.05) is 25.1 Å². The number of pyridine rings is 1. The van der Waals surface area contributed by atoms with Gasteiger partial charge in [0, 0.05) is 32.1 Å². The molecule has 82 valence electrons. The van der Waals surface area contributed by atoms with E-state index in [2.05, 4.69) is 16.8 Å². The van der Waals surface area contributed by atoms with Crippen LogP contribution in [-0.2, 0) is 11.3 Å². The van der Waals surface area contributed by atoms with Crippen molar-refractivity contribution in [3.05, 3.63) is 24.0 Å². The van der Waals surface area contributed by atoms with Crippen LogP contribution in [0.1, 0.15) is 12.6 Å². The van der Waals surface area contributed by atoms with E-state index in [0.717, 1.165) is 18.8 Å². The van der Waals surface area contributed by atoms with Crippen molar-refractivity contribution < 1.29 is 9.84 Å². The molecule has 0 amide bonds. The number of aliphatic hydroxyl groups is 1. The summed E-state index contributed by atoms with van der Waals surface area (Å²) in [6, 6.07) is 3.86. The molecule has 0 atom stereocenters.